The number of hydrogen-bond donors (Lipinski definition) is 0. The number of fused-ring (bicyclic) bond motifs is 2. The Morgan fingerprint density at radius 1 is 0.958 bits per heavy atom. The summed E-state index contributed by atoms with van der Waals surface area (Å²) in [6, 6.07) is 12.5. The number of aryl methyl sites for hydroxylation is 1. The lowest BCUT2D eigenvalue weighted by molar-refractivity contribution is 0.170. The van der Waals surface area contributed by atoms with E-state index in [1.165, 1.54) is 23.1 Å². The molecule has 24 heavy (non-hydrogen) atoms. The van der Waals surface area contributed by atoms with Crippen LogP contribution in [0.25, 0.3) is 0 Å². The van der Waals surface area contributed by atoms with Crippen molar-refractivity contribution in [3.05, 3.63) is 58.1 Å². The first-order valence-corrected chi connectivity index (χ1v) is 9.04. The Balaban J connectivity index is 1.35. The number of nitrogens with zero attached hydrogens (tertiary/aromatic N) is 1. The van der Waals surface area contributed by atoms with Crippen molar-refractivity contribution >= 4 is 11.6 Å². The molecule has 2 aromatic carbocycles. The van der Waals surface area contributed by atoms with Crippen LogP contribution in [0.15, 0.2) is 36.4 Å². The highest BCUT2D eigenvalue weighted by Crippen LogP contribution is 2.35. The standard InChI is InChI=1S/C20H22ClNO2/c21-18-5-3-15(4-6-18)2-1-8-22-9-7-16-12-19-20(13-17(16)14-22)24-11-10-23-19/h3-6,12-13H,1-2,7-11,14H2. The van der Waals surface area contributed by atoms with E-state index in [-0.39, 0.29) is 0 Å². The van der Waals surface area contributed by atoms with Gasteiger partial charge in [-0.3, -0.25) is 4.90 Å². The third-order valence-corrected chi connectivity index (χ3v) is 5.06. The summed E-state index contributed by atoms with van der Waals surface area (Å²) in [5, 5.41) is 0.806. The molecule has 2 aliphatic heterocycles. The van der Waals surface area contributed by atoms with Crippen molar-refractivity contribution in [2.75, 3.05) is 26.3 Å². The molecule has 0 spiro atoms. The summed E-state index contributed by atoms with van der Waals surface area (Å²) in [7, 11) is 0. The SMILES string of the molecule is Clc1ccc(CCCN2CCc3cc4c(cc3C2)OCCO4)cc1. The van der Waals surface area contributed by atoms with E-state index in [4.69, 9.17) is 21.1 Å². The summed E-state index contributed by atoms with van der Waals surface area (Å²) in [6.07, 6.45) is 3.36. The molecular formula is C20H22ClNO2. The van der Waals surface area contributed by atoms with Gasteiger partial charge in [0.15, 0.2) is 11.5 Å². The molecule has 3 nitrogen and oxygen atoms in total. The summed E-state index contributed by atoms with van der Waals surface area (Å²) in [4.78, 5) is 2.54. The molecule has 0 aliphatic carbocycles. The zero-order valence-electron chi connectivity index (χ0n) is 13.8. The van der Waals surface area contributed by atoms with Crippen molar-refractivity contribution in [3.8, 4) is 11.5 Å². The average Bonchev–Trinajstić information content (AvgIpc) is 2.61. The van der Waals surface area contributed by atoms with Crippen molar-refractivity contribution in [2.24, 2.45) is 0 Å². The smallest absolute Gasteiger partial charge is 0.161 e. The first-order valence-electron chi connectivity index (χ1n) is 8.66. The third-order valence-electron chi connectivity index (χ3n) is 4.81. The summed E-state index contributed by atoms with van der Waals surface area (Å²) in [5.74, 6) is 1.82. The highest BCUT2D eigenvalue weighted by atomic mass is 35.5. The Bertz CT molecular complexity index is 714. The van der Waals surface area contributed by atoms with Gasteiger partial charge in [-0.15, -0.1) is 0 Å². The molecule has 0 amide bonds. The van der Waals surface area contributed by atoms with E-state index >= 15 is 0 Å². The van der Waals surface area contributed by atoms with Crippen LogP contribution < -0.4 is 9.47 Å². The molecular weight excluding hydrogens is 322 g/mol. The maximum absolute atomic E-state index is 5.94. The number of ether oxygens (including phenoxy) is 2. The van der Waals surface area contributed by atoms with E-state index in [1.807, 2.05) is 12.1 Å². The topological polar surface area (TPSA) is 21.7 Å². The predicted molar refractivity (Wildman–Crippen MR) is 96.2 cm³/mol. The van der Waals surface area contributed by atoms with Crippen molar-refractivity contribution in [1.29, 1.82) is 0 Å². The van der Waals surface area contributed by atoms with Gasteiger partial charge >= 0.3 is 0 Å². The van der Waals surface area contributed by atoms with Gasteiger partial charge in [-0.05, 0) is 66.8 Å². The molecule has 4 heteroatoms. The molecule has 0 atom stereocenters. The minimum atomic E-state index is 0.649. The molecule has 2 aromatic rings. The van der Waals surface area contributed by atoms with Crippen molar-refractivity contribution < 1.29 is 9.47 Å². The molecule has 0 fully saturated rings. The Morgan fingerprint density at radius 2 is 1.67 bits per heavy atom. The zero-order chi connectivity index (χ0) is 16.4. The van der Waals surface area contributed by atoms with E-state index in [2.05, 4.69) is 29.2 Å². The molecule has 0 saturated heterocycles. The second kappa shape index (κ2) is 7.04. The summed E-state index contributed by atoms with van der Waals surface area (Å²) < 4.78 is 11.4. The lowest BCUT2D eigenvalue weighted by Crippen LogP contribution is -2.32. The molecule has 0 radical (unpaired) electrons. The highest BCUT2D eigenvalue weighted by molar-refractivity contribution is 6.30. The first kappa shape index (κ1) is 15.8. The minimum absolute atomic E-state index is 0.649. The molecule has 0 saturated carbocycles. The van der Waals surface area contributed by atoms with Crippen LogP contribution >= 0.6 is 11.6 Å². The quantitative estimate of drug-likeness (QED) is 0.834. The van der Waals surface area contributed by atoms with Crippen LogP contribution in [0.1, 0.15) is 23.1 Å². The van der Waals surface area contributed by atoms with Crippen LogP contribution in [0.3, 0.4) is 0 Å². The fourth-order valence-electron chi connectivity index (χ4n) is 3.50. The van der Waals surface area contributed by atoms with Crippen LogP contribution in [-0.2, 0) is 19.4 Å². The Kier molecular flexibility index (Phi) is 4.63. The maximum atomic E-state index is 5.94. The second-order valence-corrected chi connectivity index (χ2v) is 6.96. The summed E-state index contributed by atoms with van der Waals surface area (Å²) in [5.41, 5.74) is 4.15. The van der Waals surface area contributed by atoms with Gasteiger partial charge in [0.25, 0.3) is 0 Å². The van der Waals surface area contributed by atoms with Crippen LogP contribution in [0.4, 0.5) is 0 Å². The molecule has 0 N–H and O–H groups in total. The van der Waals surface area contributed by atoms with Crippen molar-refractivity contribution in [1.82, 2.24) is 4.90 Å². The lowest BCUT2D eigenvalue weighted by atomic mass is 9.98. The number of rotatable bonds is 4. The van der Waals surface area contributed by atoms with E-state index in [0.29, 0.717) is 13.2 Å². The normalized spacial score (nSPS) is 16.7. The number of halogens is 1. The third kappa shape index (κ3) is 3.52. The molecule has 2 aliphatic rings. The van der Waals surface area contributed by atoms with Crippen LogP contribution in [0, 0.1) is 0 Å². The maximum Gasteiger partial charge on any atom is 0.161 e. The van der Waals surface area contributed by atoms with E-state index < -0.39 is 0 Å². The zero-order valence-corrected chi connectivity index (χ0v) is 14.5. The van der Waals surface area contributed by atoms with Gasteiger partial charge in [-0.1, -0.05) is 23.7 Å². The Hall–Kier alpha value is -1.71. The van der Waals surface area contributed by atoms with Gasteiger partial charge in [0.2, 0.25) is 0 Å². The molecule has 4 rings (SSSR count). The van der Waals surface area contributed by atoms with Crippen LogP contribution in [-0.4, -0.2) is 31.2 Å². The number of benzene rings is 2. The summed E-state index contributed by atoms with van der Waals surface area (Å²) >= 11 is 5.94. The molecule has 2 heterocycles. The van der Waals surface area contributed by atoms with Crippen molar-refractivity contribution in [3.63, 3.8) is 0 Å². The number of hydrogen-bond acceptors (Lipinski definition) is 3. The first-order chi connectivity index (χ1) is 11.8. The van der Waals surface area contributed by atoms with E-state index in [9.17, 15) is 0 Å². The molecule has 0 aromatic heterocycles. The van der Waals surface area contributed by atoms with Gasteiger partial charge in [0.1, 0.15) is 13.2 Å². The van der Waals surface area contributed by atoms with Gasteiger partial charge < -0.3 is 9.47 Å². The molecule has 126 valence electrons. The monoisotopic (exact) mass is 343 g/mol. The minimum Gasteiger partial charge on any atom is -0.486 e. The summed E-state index contributed by atoms with van der Waals surface area (Å²) in [6.45, 7) is 4.55. The second-order valence-electron chi connectivity index (χ2n) is 6.52. The van der Waals surface area contributed by atoms with Crippen LogP contribution in [0.5, 0.6) is 11.5 Å². The largest absolute Gasteiger partial charge is 0.486 e. The predicted octanol–water partition coefficient (Wildman–Crippen LogP) is 4.10. The van der Waals surface area contributed by atoms with E-state index in [0.717, 1.165) is 49.0 Å². The van der Waals surface area contributed by atoms with Crippen molar-refractivity contribution in [2.45, 2.75) is 25.8 Å². The van der Waals surface area contributed by atoms with Gasteiger partial charge in [-0.2, -0.15) is 0 Å². The Labute approximate surface area is 148 Å². The Morgan fingerprint density at radius 3 is 2.42 bits per heavy atom. The average molecular weight is 344 g/mol. The molecule has 0 unspecified atom stereocenters. The molecule has 0 bridgehead atoms. The fraction of sp³-hybridized carbons (Fsp3) is 0.400. The van der Waals surface area contributed by atoms with Gasteiger partial charge in [0, 0.05) is 18.1 Å². The van der Waals surface area contributed by atoms with E-state index in [1.54, 1.807) is 0 Å². The van der Waals surface area contributed by atoms with Gasteiger partial charge in [0.05, 0.1) is 0 Å². The van der Waals surface area contributed by atoms with Crippen LogP contribution in [0.2, 0.25) is 5.02 Å². The highest BCUT2D eigenvalue weighted by Gasteiger charge is 2.21. The fourth-order valence-corrected chi connectivity index (χ4v) is 3.63. The lowest BCUT2D eigenvalue weighted by Gasteiger charge is -2.30. The van der Waals surface area contributed by atoms with Gasteiger partial charge in [-0.25, -0.2) is 0 Å².